The third kappa shape index (κ3) is 5.16. The Hall–Kier alpha value is -1.69. The van der Waals surface area contributed by atoms with Crippen molar-refractivity contribution >= 4 is 29.3 Å². The van der Waals surface area contributed by atoms with Crippen LogP contribution in [0.5, 0.6) is 0 Å². The van der Waals surface area contributed by atoms with Gasteiger partial charge >= 0.3 is 0 Å². The number of amides is 1. The third-order valence-electron chi connectivity index (χ3n) is 3.73. The zero-order valence-electron chi connectivity index (χ0n) is 14.0. The molecule has 0 aromatic heterocycles. The monoisotopic (exact) mass is 334 g/mol. The number of guanidine groups is 1. The van der Waals surface area contributed by atoms with Crippen LogP contribution in [0.2, 0.25) is 0 Å². The van der Waals surface area contributed by atoms with Gasteiger partial charge in [-0.05, 0) is 37.7 Å². The summed E-state index contributed by atoms with van der Waals surface area (Å²) in [6, 6.07) is 8.15. The number of aryl methyl sites for hydroxylation is 1. The van der Waals surface area contributed by atoms with Gasteiger partial charge in [0, 0.05) is 31.1 Å². The van der Waals surface area contributed by atoms with Crippen LogP contribution in [0, 0.1) is 0 Å². The number of hydrogen-bond acceptors (Lipinski definition) is 3. The Morgan fingerprint density at radius 3 is 2.96 bits per heavy atom. The zero-order valence-corrected chi connectivity index (χ0v) is 14.8. The molecule has 0 fully saturated rings. The summed E-state index contributed by atoms with van der Waals surface area (Å²) in [5, 5.41) is 6.42. The fourth-order valence-corrected chi connectivity index (χ4v) is 2.94. The van der Waals surface area contributed by atoms with E-state index >= 15 is 0 Å². The number of anilines is 1. The van der Waals surface area contributed by atoms with Gasteiger partial charge < -0.3 is 15.5 Å². The molecular formula is C17H26N4OS. The number of benzene rings is 1. The molecule has 0 bridgehead atoms. The van der Waals surface area contributed by atoms with Crippen molar-refractivity contribution in [2.75, 3.05) is 43.1 Å². The molecule has 6 heteroatoms. The number of aliphatic imine (C=N–C) groups is 1. The fraction of sp³-hybridized carbons (Fsp3) is 0.529. The predicted octanol–water partition coefficient (Wildman–Crippen LogP) is 1.88. The largest absolute Gasteiger partial charge is 0.357 e. The van der Waals surface area contributed by atoms with E-state index in [4.69, 9.17) is 0 Å². The molecule has 0 spiro atoms. The minimum Gasteiger partial charge on any atom is -0.357 e. The smallest absolute Gasteiger partial charge is 0.248 e. The van der Waals surface area contributed by atoms with Crippen LogP contribution in [0.3, 0.4) is 0 Å². The second-order valence-corrected chi connectivity index (χ2v) is 6.38. The Bertz CT molecular complexity index is 547. The van der Waals surface area contributed by atoms with Crippen LogP contribution in [0.25, 0.3) is 0 Å². The Morgan fingerprint density at radius 2 is 2.17 bits per heavy atom. The highest BCUT2D eigenvalue weighted by atomic mass is 32.2. The summed E-state index contributed by atoms with van der Waals surface area (Å²) >= 11 is 1.78. The van der Waals surface area contributed by atoms with Gasteiger partial charge in [-0.2, -0.15) is 11.8 Å². The Balaban J connectivity index is 1.99. The molecule has 0 radical (unpaired) electrons. The number of nitrogens with zero attached hydrogens (tertiary/aromatic N) is 2. The van der Waals surface area contributed by atoms with Crippen molar-refractivity contribution in [2.24, 2.45) is 4.99 Å². The lowest BCUT2D eigenvalue weighted by molar-refractivity contribution is -0.117. The number of carbonyl (C=O) groups excluding carboxylic acids is 1. The van der Waals surface area contributed by atoms with Gasteiger partial charge in [0.1, 0.15) is 6.54 Å². The van der Waals surface area contributed by atoms with Crippen molar-refractivity contribution in [3.8, 4) is 0 Å². The molecule has 0 saturated heterocycles. The van der Waals surface area contributed by atoms with Crippen molar-refractivity contribution in [3.05, 3.63) is 29.8 Å². The molecule has 23 heavy (non-hydrogen) atoms. The first-order chi connectivity index (χ1) is 11.3. The lowest BCUT2D eigenvalue weighted by Crippen LogP contribution is -2.41. The van der Waals surface area contributed by atoms with Crippen molar-refractivity contribution in [2.45, 2.75) is 19.8 Å². The van der Waals surface area contributed by atoms with Crippen LogP contribution in [0.1, 0.15) is 18.9 Å². The molecule has 0 unspecified atom stereocenters. The second kappa shape index (κ2) is 9.45. The van der Waals surface area contributed by atoms with Crippen molar-refractivity contribution in [1.82, 2.24) is 10.6 Å². The van der Waals surface area contributed by atoms with E-state index in [2.05, 4.69) is 27.9 Å². The van der Waals surface area contributed by atoms with Gasteiger partial charge in [-0.3, -0.25) is 4.79 Å². The number of carbonyl (C=O) groups is 1. The van der Waals surface area contributed by atoms with E-state index in [-0.39, 0.29) is 12.5 Å². The van der Waals surface area contributed by atoms with Crippen LogP contribution < -0.4 is 15.5 Å². The average Bonchev–Trinajstić information content (AvgIpc) is 2.59. The minimum atomic E-state index is 0.0548. The van der Waals surface area contributed by atoms with Crippen LogP contribution in [-0.4, -0.2) is 50.1 Å². The Labute approximate surface area is 142 Å². The highest BCUT2D eigenvalue weighted by molar-refractivity contribution is 7.98. The van der Waals surface area contributed by atoms with E-state index in [1.165, 1.54) is 5.56 Å². The standard InChI is InChI=1S/C17H26N4OS/c1-3-18-17(19-10-12-23-2)20-13-16(22)21-11-6-8-14-7-4-5-9-15(14)21/h4-5,7,9H,3,6,8,10-13H2,1-2H3,(H2,18,19,20). The number of hydrogen-bond donors (Lipinski definition) is 2. The van der Waals surface area contributed by atoms with Crippen LogP contribution in [0.4, 0.5) is 5.69 Å². The highest BCUT2D eigenvalue weighted by Gasteiger charge is 2.21. The number of nitrogens with one attached hydrogen (secondary N) is 2. The average molecular weight is 334 g/mol. The SMILES string of the molecule is CCNC(=NCC(=O)N1CCCc2ccccc21)NCCSC. The maximum absolute atomic E-state index is 12.6. The molecule has 5 nitrogen and oxygen atoms in total. The van der Waals surface area contributed by atoms with Gasteiger partial charge in [-0.15, -0.1) is 0 Å². The first-order valence-electron chi connectivity index (χ1n) is 8.15. The van der Waals surface area contributed by atoms with Gasteiger partial charge in [-0.25, -0.2) is 4.99 Å². The summed E-state index contributed by atoms with van der Waals surface area (Å²) < 4.78 is 0. The molecule has 1 aromatic rings. The predicted molar refractivity (Wildman–Crippen MR) is 99.5 cm³/mol. The number of fused-ring (bicyclic) bond motifs is 1. The first kappa shape index (κ1) is 17.7. The summed E-state index contributed by atoms with van der Waals surface area (Å²) in [6.45, 7) is 4.60. The van der Waals surface area contributed by atoms with Crippen molar-refractivity contribution < 1.29 is 4.79 Å². The van der Waals surface area contributed by atoms with Gasteiger partial charge in [-0.1, -0.05) is 18.2 Å². The van der Waals surface area contributed by atoms with Gasteiger partial charge in [0.05, 0.1) is 0 Å². The summed E-state index contributed by atoms with van der Waals surface area (Å²) in [6.07, 6.45) is 4.13. The molecule has 0 saturated carbocycles. The van der Waals surface area contributed by atoms with E-state index in [0.717, 1.165) is 43.9 Å². The number of rotatable bonds is 6. The molecular weight excluding hydrogens is 308 g/mol. The Morgan fingerprint density at radius 1 is 1.35 bits per heavy atom. The summed E-state index contributed by atoms with van der Waals surface area (Å²) in [5.74, 6) is 1.78. The molecule has 1 aromatic carbocycles. The number of para-hydroxylation sites is 1. The minimum absolute atomic E-state index is 0.0548. The lowest BCUT2D eigenvalue weighted by Gasteiger charge is -2.29. The van der Waals surface area contributed by atoms with Crippen molar-refractivity contribution in [3.63, 3.8) is 0 Å². The Kier molecular flexibility index (Phi) is 7.26. The van der Waals surface area contributed by atoms with E-state index in [1.807, 2.05) is 30.0 Å². The molecule has 1 amide bonds. The summed E-state index contributed by atoms with van der Waals surface area (Å²) in [7, 11) is 0. The van der Waals surface area contributed by atoms with Gasteiger partial charge in [0.15, 0.2) is 5.96 Å². The zero-order chi connectivity index (χ0) is 16.5. The summed E-state index contributed by atoms with van der Waals surface area (Å²) in [5.41, 5.74) is 2.29. The van der Waals surface area contributed by atoms with Crippen LogP contribution in [-0.2, 0) is 11.2 Å². The molecule has 0 aliphatic carbocycles. The topological polar surface area (TPSA) is 56.7 Å². The summed E-state index contributed by atoms with van der Waals surface area (Å²) in [4.78, 5) is 18.9. The molecule has 0 atom stereocenters. The molecule has 126 valence electrons. The van der Waals surface area contributed by atoms with Gasteiger partial charge in [0.2, 0.25) is 5.91 Å². The van der Waals surface area contributed by atoms with Crippen LogP contribution in [0.15, 0.2) is 29.3 Å². The maximum atomic E-state index is 12.6. The lowest BCUT2D eigenvalue weighted by atomic mass is 10.0. The highest BCUT2D eigenvalue weighted by Crippen LogP contribution is 2.26. The molecule has 1 heterocycles. The quantitative estimate of drug-likeness (QED) is 0.474. The molecule has 2 N–H and O–H groups in total. The number of thioether (sulfide) groups is 1. The van der Waals surface area contributed by atoms with E-state index in [0.29, 0.717) is 5.96 Å². The van der Waals surface area contributed by atoms with E-state index in [9.17, 15) is 4.79 Å². The van der Waals surface area contributed by atoms with Crippen LogP contribution >= 0.6 is 11.8 Å². The fourth-order valence-electron chi connectivity index (χ4n) is 2.64. The van der Waals surface area contributed by atoms with E-state index < -0.39 is 0 Å². The van der Waals surface area contributed by atoms with Crippen molar-refractivity contribution in [1.29, 1.82) is 0 Å². The van der Waals surface area contributed by atoms with Gasteiger partial charge in [0.25, 0.3) is 0 Å². The normalized spacial score (nSPS) is 14.3. The molecule has 2 rings (SSSR count). The second-order valence-electron chi connectivity index (χ2n) is 5.39. The third-order valence-corrected chi connectivity index (χ3v) is 4.34. The molecule has 1 aliphatic heterocycles. The van der Waals surface area contributed by atoms with E-state index in [1.54, 1.807) is 11.8 Å². The maximum Gasteiger partial charge on any atom is 0.248 e. The molecule has 1 aliphatic rings. The first-order valence-corrected chi connectivity index (χ1v) is 9.55.